The second kappa shape index (κ2) is 2.69. The normalized spacial score (nSPS) is 13.9. The van der Waals surface area contributed by atoms with Gasteiger partial charge < -0.3 is 4.98 Å². The van der Waals surface area contributed by atoms with Crippen molar-refractivity contribution in [3.8, 4) is 0 Å². The summed E-state index contributed by atoms with van der Waals surface area (Å²) in [4.78, 5) is 11.4. The van der Waals surface area contributed by atoms with Gasteiger partial charge in [-0.1, -0.05) is 6.08 Å². The predicted octanol–water partition coefficient (Wildman–Crippen LogP) is 2.07. The number of H-pyrrole nitrogens is 1. The van der Waals surface area contributed by atoms with Crippen LogP contribution in [0.4, 0.5) is 0 Å². The van der Waals surface area contributed by atoms with E-state index in [1.165, 1.54) is 0 Å². The minimum absolute atomic E-state index is 0.865. The van der Waals surface area contributed by atoms with Gasteiger partial charge in [0.1, 0.15) is 12.0 Å². The van der Waals surface area contributed by atoms with Crippen LogP contribution < -0.4 is 0 Å². The molecule has 0 spiro atoms. The van der Waals surface area contributed by atoms with E-state index in [1.54, 1.807) is 6.33 Å². The molecule has 0 fully saturated rings. The molecule has 3 heteroatoms. The lowest BCUT2D eigenvalue weighted by Gasteiger charge is -1.98. The van der Waals surface area contributed by atoms with Crippen LogP contribution >= 0.6 is 0 Å². The van der Waals surface area contributed by atoms with Crippen LogP contribution in [0.15, 0.2) is 42.5 Å². The summed E-state index contributed by atoms with van der Waals surface area (Å²) < 4.78 is 0. The molecule has 0 saturated carbocycles. The minimum atomic E-state index is 0.865. The van der Waals surface area contributed by atoms with E-state index < -0.39 is 0 Å². The Balaban J connectivity index is 2.35. The van der Waals surface area contributed by atoms with Gasteiger partial charge in [-0.05, 0) is 18.2 Å². The molecule has 1 aliphatic carbocycles. The monoisotopic (exact) mass is 181 g/mol. The fourth-order valence-corrected chi connectivity index (χ4v) is 1.56. The molecule has 14 heavy (non-hydrogen) atoms. The molecule has 2 heterocycles. The standard InChI is InChI=1S/C11H7N3/c1-2-4-8(3-1)10-9-5-6-12-11(9)14-7-13-10/h1-3,5-7H,(H,12,13,14). The molecule has 3 rings (SSSR count). The number of aromatic nitrogens is 3. The molecular weight excluding hydrogens is 174 g/mol. The summed E-state index contributed by atoms with van der Waals surface area (Å²) in [5.74, 6) is 0. The first-order chi connectivity index (χ1) is 6.95. The van der Waals surface area contributed by atoms with Crippen LogP contribution in [0.2, 0.25) is 0 Å². The molecule has 1 aliphatic rings. The van der Waals surface area contributed by atoms with Crippen molar-refractivity contribution in [2.45, 2.75) is 0 Å². The van der Waals surface area contributed by atoms with Gasteiger partial charge in [0.15, 0.2) is 0 Å². The van der Waals surface area contributed by atoms with E-state index in [0.29, 0.717) is 0 Å². The summed E-state index contributed by atoms with van der Waals surface area (Å²) in [5, 5.41) is 1.04. The van der Waals surface area contributed by atoms with Crippen LogP contribution in [0.25, 0.3) is 16.6 Å². The quantitative estimate of drug-likeness (QED) is 0.684. The molecule has 3 nitrogen and oxygen atoms in total. The molecule has 0 amide bonds. The maximum absolute atomic E-state index is 4.26. The third kappa shape index (κ3) is 0.934. The van der Waals surface area contributed by atoms with Gasteiger partial charge >= 0.3 is 0 Å². The van der Waals surface area contributed by atoms with E-state index in [9.17, 15) is 0 Å². The van der Waals surface area contributed by atoms with E-state index in [2.05, 4.69) is 20.7 Å². The van der Waals surface area contributed by atoms with Crippen molar-refractivity contribution in [2.75, 3.05) is 0 Å². The van der Waals surface area contributed by atoms with Crippen molar-refractivity contribution in [2.24, 2.45) is 0 Å². The number of allylic oxidation sites excluding steroid dienone is 3. The minimum Gasteiger partial charge on any atom is -0.346 e. The average Bonchev–Trinajstić information content (AvgIpc) is 2.88. The Morgan fingerprint density at radius 3 is 3.14 bits per heavy atom. The summed E-state index contributed by atoms with van der Waals surface area (Å²) in [6.45, 7) is 0. The number of nitrogens with zero attached hydrogens (tertiary/aromatic N) is 2. The number of hydrogen-bond acceptors (Lipinski definition) is 2. The van der Waals surface area contributed by atoms with Crippen LogP contribution in [0.5, 0.6) is 0 Å². The number of hydrogen-bond donors (Lipinski definition) is 1. The summed E-state index contributed by atoms with van der Waals surface area (Å²) >= 11 is 0. The van der Waals surface area contributed by atoms with Gasteiger partial charge in [-0.3, -0.25) is 0 Å². The second-order valence-electron chi connectivity index (χ2n) is 3.05. The third-order valence-electron chi connectivity index (χ3n) is 2.21. The fourth-order valence-electron chi connectivity index (χ4n) is 1.56. The van der Waals surface area contributed by atoms with Crippen molar-refractivity contribution < 1.29 is 0 Å². The van der Waals surface area contributed by atoms with Crippen LogP contribution in [-0.4, -0.2) is 15.0 Å². The van der Waals surface area contributed by atoms with E-state index in [0.717, 1.165) is 22.3 Å². The van der Waals surface area contributed by atoms with Crippen molar-refractivity contribution in [3.05, 3.63) is 48.2 Å². The molecule has 66 valence electrons. The van der Waals surface area contributed by atoms with Crippen LogP contribution in [0.1, 0.15) is 5.69 Å². The number of aromatic amines is 1. The topological polar surface area (TPSA) is 41.6 Å². The zero-order chi connectivity index (χ0) is 9.38. The van der Waals surface area contributed by atoms with Crippen LogP contribution in [0, 0.1) is 0 Å². The molecule has 0 aromatic carbocycles. The van der Waals surface area contributed by atoms with Gasteiger partial charge in [0, 0.05) is 17.2 Å². The van der Waals surface area contributed by atoms with Crippen molar-refractivity contribution in [3.63, 3.8) is 0 Å². The molecular formula is C11H7N3. The first-order valence-corrected chi connectivity index (χ1v) is 4.37. The molecule has 0 bridgehead atoms. The first kappa shape index (κ1) is 7.30. The summed E-state index contributed by atoms with van der Waals surface area (Å²) in [5.41, 5.74) is 5.94. The Morgan fingerprint density at radius 2 is 2.29 bits per heavy atom. The first-order valence-electron chi connectivity index (χ1n) is 4.37. The summed E-state index contributed by atoms with van der Waals surface area (Å²) in [6, 6.07) is 1.98. The maximum Gasteiger partial charge on any atom is 0.141 e. The van der Waals surface area contributed by atoms with Gasteiger partial charge in [-0.2, -0.15) is 0 Å². The molecule has 0 aliphatic heterocycles. The highest BCUT2D eigenvalue weighted by molar-refractivity contribution is 5.91. The predicted molar refractivity (Wildman–Crippen MR) is 54.5 cm³/mol. The molecule has 0 unspecified atom stereocenters. The Kier molecular flexibility index (Phi) is 1.40. The number of nitrogens with one attached hydrogen (secondary N) is 1. The van der Waals surface area contributed by atoms with Crippen molar-refractivity contribution in [1.82, 2.24) is 15.0 Å². The summed E-state index contributed by atoms with van der Waals surface area (Å²) in [7, 11) is 0. The highest BCUT2D eigenvalue weighted by atomic mass is 14.9. The van der Waals surface area contributed by atoms with E-state index in [1.807, 2.05) is 30.5 Å². The van der Waals surface area contributed by atoms with Gasteiger partial charge in [0.25, 0.3) is 0 Å². The second-order valence-corrected chi connectivity index (χ2v) is 3.05. The lowest BCUT2D eigenvalue weighted by molar-refractivity contribution is 1.18. The molecule has 0 radical (unpaired) electrons. The van der Waals surface area contributed by atoms with Gasteiger partial charge in [0.2, 0.25) is 0 Å². The zero-order valence-electron chi connectivity index (χ0n) is 7.36. The summed E-state index contributed by atoms with van der Waals surface area (Å²) in [6.07, 6.45) is 9.27. The lowest BCUT2D eigenvalue weighted by Crippen LogP contribution is -1.88. The van der Waals surface area contributed by atoms with Crippen molar-refractivity contribution in [1.29, 1.82) is 0 Å². The zero-order valence-corrected chi connectivity index (χ0v) is 7.36. The fraction of sp³-hybridized carbons (Fsp3) is 0. The van der Waals surface area contributed by atoms with E-state index >= 15 is 0 Å². The third-order valence-corrected chi connectivity index (χ3v) is 2.21. The van der Waals surface area contributed by atoms with Crippen molar-refractivity contribution >= 4 is 16.6 Å². The van der Waals surface area contributed by atoms with Crippen LogP contribution in [0.3, 0.4) is 0 Å². The molecule has 2 aromatic heterocycles. The van der Waals surface area contributed by atoms with Crippen LogP contribution in [-0.2, 0) is 0 Å². The Morgan fingerprint density at radius 1 is 1.29 bits per heavy atom. The molecule has 2 aromatic rings. The molecule has 0 saturated heterocycles. The van der Waals surface area contributed by atoms with Gasteiger partial charge in [-0.15, -0.1) is 5.73 Å². The smallest absolute Gasteiger partial charge is 0.141 e. The Bertz CT molecular complexity index is 583. The highest BCUT2D eigenvalue weighted by Crippen LogP contribution is 2.22. The highest BCUT2D eigenvalue weighted by Gasteiger charge is 2.07. The van der Waals surface area contributed by atoms with E-state index in [4.69, 9.17) is 0 Å². The number of rotatable bonds is 1. The van der Waals surface area contributed by atoms with Gasteiger partial charge in [-0.25, -0.2) is 9.97 Å². The average molecular weight is 181 g/mol. The van der Waals surface area contributed by atoms with Gasteiger partial charge in [0.05, 0.1) is 5.69 Å². The maximum atomic E-state index is 4.26. The number of fused-ring (bicyclic) bond motifs is 1. The SMILES string of the molecule is C1=CC=CC=1c1ncnc2[nH]ccc12. The Labute approximate surface area is 80.5 Å². The molecule has 1 N–H and O–H groups in total. The Hall–Kier alpha value is -2.12. The largest absolute Gasteiger partial charge is 0.346 e. The lowest BCUT2D eigenvalue weighted by atomic mass is 10.1. The van der Waals surface area contributed by atoms with E-state index in [-0.39, 0.29) is 0 Å². The molecule has 0 atom stereocenters.